The Morgan fingerprint density at radius 1 is 1.22 bits per heavy atom. The lowest BCUT2D eigenvalue weighted by molar-refractivity contribution is -0.135. The summed E-state index contributed by atoms with van der Waals surface area (Å²) in [6.45, 7) is 1.47. The summed E-state index contributed by atoms with van der Waals surface area (Å²) in [5.41, 5.74) is 1.08. The minimum absolute atomic E-state index is 0.193. The van der Waals surface area contributed by atoms with Crippen molar-refractivity contribution in [3.63, 3.8) is 0 Å². The molecule has 0 spiro atoms. The molecule has 0 bridgehead atoms. The number of amides is 1. The highest BCUT2D eigenvalue weighted by Gasteiger charge is 2.16. The topological polar surface area (TPSA) is 131 Å². The Hall–Kier alpha value is -3.14. The molecule has 1 aromatic carbocycles. The summed E-state index contributed by atoms with van der Waals surface area (Å²) in [6.07, 6.45) is 3.21. The van der Waals surface area contributed by atoms with Crippen molar-refractivity contribution >= 4 is 41.1 Å². The number of ether oxygens (including phenoxy) is 1. The van der Waals surface area contributed by atoms with Crippen LogP contribution in [0.3, 0.4) is 0 Å². The second-order valence-electron chi connectivity index (χ2n) is 5.12. The van der Waals surface area contributed by atoms with E-state index in [1.807, 2.05) is 6.26 Å². The Kier molecular flexibility index (Phi) is 7.12. The number of benzene rings is 1. The molecule has 27 heavy (non-hydrogen) atoms. The lowest BCUT2D eigenvalue weighted by Crippen LogP contribution is -2.29. The summed E-state index contributed by atoms with van der Waals surface area (Å²) in [6, 6.07) is 6.29. The molecular weight excluding hydrogens is 372 g/mol. The van der Waals surface area contributed by atoms with E-state index in [4.69, 9.17) is 9.84 Å². The zero-order valence-corrected chi connectivity index (χ0v) is 15.5. The van der Waals surface area contributed by atoms with Crippen LogP contribution < -0.4 is 10.6 Å². The number of carbonyl (C=O) groups is 3. The van der Waals surface area contributed by atoms with Gasteiger partial charge < -0.3 is 20.5 Å². The van der Waals surface area contributed by atoms with Gasteiger partial charge in [-0.3, -0.25) is 9.59 Å². The van der Waals surface area contributed by atoms with Gasteiger partial charge in [-0.05, 0) is 37.4 Å². The van der Waals surface area contributed by atoms with Crippen LogP contribution >= 0.6 is 11.8 Å². The van der Waals surface area contributed by atoms with Crippen LogP contribution in [0.15, 0.2) is 35.6 Å². The molecule has 1 aromatic heterocycles. The predicted molar refractivity (Wildman–Crippen MR) is 99.5 cm³/mol. The fourth-order valence-electron chi connectivity index (χ4n) is 2.02. The summed E-state index contributed by atoms with van der Waals surface area (Å²) >= 11 is 1.33. The highest BCUT2D eigenvalue weighted by Crippen LogP contribution is 2.22. The number of thioether (sulfide) groups is 1. The monoisotopic (exact) mass is 390 g/mol. The van der Waals surface area contributed by atoms with E-state index in [2.05, 4.69) is 20.6 Å². The third kappa shape index (κ3) is 5.68. The van der Waals surface area contributed by atoms with Crippen molar-refractivity contribution in [2.45, 2.75) is 12.1 Å². The maximum Gasteiger partial charge on any atom is 0.343 e. The van der Waals surface area contributed by atoms with Crippen LogP contribution in [0.2, 0.25) is 0 Å². The largest absolute Gasteiger partial charge is 0.480 e. The minimum Gasteiger partial charge on any atom is -0.480 e. The van der Waals surface area contributed by atoms with E-state index in [9.17, 15) is 14.4 Å². The number of carbonyl (C=O) groups excluding carboxylic acids is 2. The van der Waals surface area contributed by atoms with Crippen molar-refractivity contribution < 1.29 is 24.2 Å². The third-order valence-electron chi connectivity index (χ3n) is 3.25. The quantitative estimate of drug-likeness (QED) is 0.351. The molecule has 0 unspecified atom stereocenters. The van der Waals surface area contributed by atoms with Crippen molar-refractivity contribution in [3.05, 3.63) is 41.6 Å². The Morgan fingerprint density at radius 2 is 1.93 bits per heavy atom. The molecule has 10 heteroatoms. The maximum absolute atomic E-state index is 12.1. The number of hydrogen-bond acceptors (Lipinski definition) is 8. The highest BCUT2D eigenvalue weighted by molar-refractivity contribution is 7.98. The standard InChI is InChI=1S/C17H18N4O5S/c1-3-26-16(25)12-8-19-17(27-2)21-14(12)20-11-6-4-10(5-7-11)15(24)18-9-13(22)23/h4-8H,3,9H2,1-2H3,(H,18,24)(H,22,23)(H,19,20,21). The van der Waals surface area contributed by atoms with E-state index in [1.165, 1.54) is 30.1 Å². The van der Waals surface area contributed by atoms with E-state index in [0.29, 0.717) is 16.4 Å². The smallest absolute Gasteiger partial charge is 0.343 e. The summed E-state index contributed by atoms with van der Waals surface area (Å²) in [5, 5.41) is 14.4. The number of carboxylic acid groups (broad SMARTS) is 1. The fourth-order valence-corrected chi connectivity index (χ4v) is 2.36. The van der Waals surface area contributed by atoms with E-state index in [0.717, 1.165) is 0 Å². The Labute approximate surface area is 159 Å². The van der Waals surface area contributed by atoms with Gasteiger partial charge in [0, 0.05) is 17.4 Å². The molecule has 0 saturated heterocycles. The molecule has 0 radical (unpaired) electrons. The SMILES string of the molecule is CCOC(=O)c1cnc(SC)nc1Nc1ccc(C(=O)NCC(=O)O)cc1. The van der Waals surface area contributed by atoms with Gasteiger partial charge >= 0.3 is 11.9 Å². The number of rotatable bonds is 8. The van der Waals surface area contributed by atoms with Crippen LogP contribution in [-0.2, 0) is 9.53 Å². The Bertz CT molecular complexity index is 842. The number of aliphatic carboxylic acids is 1. The molecule has 2 rings (SSSR count). The van der Waals surface area contributed by atoms with E-state index >= 15 is 0 Å². The molecule has 1 heterocycles. The van der Waals surface area contributed by atoms with Gasteiger partial charge in [-0.1, -0.05) is 11.8 Å². The lowest BCUT2D eigenvalue weighted by atomic mass is 10.2. The average molecular weight is 390 g/mol. The first kappa shape index (κ1) is 20.2. The zero-order valence-electron chi connectivity index (χ0n) is 14.7. The van der Waals surface area contributed by atoms with Gasteiger partial charge in [0.1, 0.15) is 17.9 Å². The van der Waals surface area contributed by atoms with E-state index < -0.39 is 24.4 Å². The normalized spacial score (nSPS) is 10.1. The maximum atomic E-state index is 12.1. The number of nitrogens with zero attached hydrogens (tertiary/aromatic N) is 2. The zero-order chi connectivity index (χ0) is 19.8. The van der Waals surface area contributed by atoms with Gasteiger partial charge in [-0.2, -0.15) is 0 Å². The predicted octanol–water partition coefficient (Wildman–Crippen LogP) is 1.93. The van der Waals surface area contributed by atoms with Gasteiger partial charge in [0.2, 0.25) is 0 Å². The molecule has 9 nitrogen and oxygen atoms in total. The van der Waals surface area contributed by atoms with Gasteiger partial charge in [0.15, 0.2) is 5.16 Å². The van der Waals surface area contributed by atoms with Gasteiger partial charge in [-0.15, -0.1) is 0 Å². The summed E-state index contributed by atoms with van der Waals surface area (Å²) in [4.78, 5) is 42.8. The molecule has 0 aliphatic carbocycles. The van der Waals surface area contributed by atoms with Crippen molar-refractivity contribution in [1.82, 2.24) is 15.3 Å². The molecule has 0 aliphatic heterocycles. The number of carboxylic acids is 1. The second kappa shape index (κ2) is 9.53. The lowest BCUT2D eigenvalue weighted by Gasteiger charge is -2.11. The van der Waals surface area contributed by atoms with E-state index in [1.54, 1.807) is 19.1 Å². The molecule has 0 aliphatic rings. The van der Waals surface area contributed by atoms with Crippen LogP contribution in [0.1, 0.15) is 27.6 Å². The first-order chi connectivity index (χ1) is 12.9. The van der Waals surface area contributed by atoms with Gasteiger partial charge in [-0.25, -0.2) is 14.8 Å². The number of nitrogens with one attached hydrogen (secondary N) is 2. The molecule has 0 fully saturated rings. The van der Waals surface area contributed by atoms with Crippen molar-refractivity contribution in [1.29, 1.82) is 0 Å². The fraction of sp³-hybridized carbons (Fsp3) is 0.235. The van der Waals surface area contributed by atoms with Gasteiger partial charge in [0.05, 0.1) is 6.61 Å². The minimum atomic E-state index is -1.12. The van der Waals surface area contributed by atoms with Crippen LogP contribution in [0.25, 0.3) is 0 Å². The highest BCUT2D eigenvalue weighted by atomic mass is 32.2. The van der Waals surface area contributed by atoms with Crippen LogP contribution in [0, 0.1) is 0 Å². The van der Waals surface area contributed by atoms with Crippen LogP contribution in [-0.4, -0.2) is 52.3 Å². The summed E-state index contributed by atoms with van der Waals surface area (Å²) < 4.78 is 5.01. The van der Waals surface area contributed by atoms with Crippen LogP contribution in [0.4, 0.5) is 11.5 Å². The molecule has 0 atom stereocenters. The second-order valence-corrected chi connectivity index (χ2v) is 5.89. The first-order valence-corrected chi connectivity index (χ1v) is 9.12. The molecule has 2 aromatic rings. The summed E-state index contributed by atoms with van der Waals surface area (Å²) in [5.74, 6) is -1.88. The number of esters is 1. The van der Waals surface area contributed by atoms with Crippen molar-refractivity contribution in [3.8, 4) is 0 Å². The summed E-state index contributed by atoms with van der Waals surface area (Å²) in [7, 11) is 0. The molecule has 1 amide bonds. The first-order valence-electron chi connectivity index (χ1n) is 7.89. The third-order valence-corrected chi connectivity index (χ3v) is 3.82. The van der Waals surface area contributed by atoms with E-state index in [-0.39, 0.29) is 18.0 Å². The average Bonchev–Trinajstić information content (AvgIpc) is 2.66. The number of hydrogen-bond donors (Lipinski definition) is 3. The molecular formula is C17H18N4O5S. The van der Waals surface area contributed by atoms with Crippen molar-refractivity contribution in [2.75, 3.05) is 24.7 Å². The Morgan fingerprint density at radius 3 is 2.52 bits per heavy atom. The van der Waals surface area contributed by atoms with Crippen LogP contribution in [0.5, 0.6) is 0 Å². The molecule has 0 saturated carbocycles. The van der Waals surface area contributed by atoms with Gasteiger partial charge in [0.25, 0.3) is 5.91 Å². The van der Waals surface area contributed by atoms with Crippen molar-refractivity contribution in [2.24, 2.45) is 0 Å². The molecule has 142 valence electrons. The molecule has 3 N–H and O–H groups in total. The number of anilines is 2. The Balaban J connectivity index is 2.19. The number of aromatic nitrogens is 2.